The van der Waals surface area contributed by atoms with E-state index in [1.54, 1.807) is 19.9 Å². The molecule has 3 rings (SSSR count). The fourth-order valence-corrected chi connectivity index (χ4v) is 3.73. The first kappa shape index (κ1) is 17.0. The third-order valence-electron chi connectivity index (χ3n) is 3.97. The molecule has 2 saturated heterocycles. The van der Waals surface area contributed by atoms with Gasteiger partial charge in [-0.2, -0.15) is 11.8 Å². The summed E-state index contributed by atoms with van der Waals surface area (Å²) >= 11 is 1.97. The van der Waals surface area contributed by atoms with Crippen LogP contribution in [-0.4, -0.2) is 47.2 Å². The van der Waals surface area contributed by atoms with Crippen LogP contribution in [0.5, 0.6) is 0 Å². The lowest BCUT2D eigenvalue weighted by molar-refractivity contribution is -0.222. The number of nitrogens with zero attached hydrogens (tertiary/aromatic N) is 1. The summed E-state index contributed by atoms with van der Waals surface area (Å²) in [5, 5.41) is 0. The van der Waals surface area contributed by atoms with Crippen LogP contribution in [0.3, 0.4) is 0 Å². The molecule has 0 atom stereocenters. The summed E-state index contributed by atoms with van der Waals surface area (Å²) < 4.78 is 10.3. The molecular weight excluding hydrogens is 326 g/mol. The maximum Gasteiger partial charge on any atom is 0.348 e. The molecule has 0 spiro atoms. The molecule has 128 valence electrons. The Morgan fingerprint density at radius 2 is 1.75 bits per heavy atom. The van der Waals surface area contributed by atoms with E-state index in [-0.39, 0.29) is 5.57 Å². The van der Waals surface area contributed by atoms with Crippen LogP contribution in [-0.2, 0) is 25.6 Å². The molecule has 5 nitrogen and oxygen atoms in total. The fraction of sp³-hybridized carbons (Fsp3) is 0.444. The highest BCUT2D eigenvalue weighted by Gasteiger charge is 2.38. The van der Waals surface area contributed by atoms with E-state index in [9.17, 15) is 9.59 Å². The average molecular weight is 347 g/mol. The molecule has 0 radical (unpaired) electrons. The number of carbonyl (C=O) groups is 2. The third kappa shape index (κ3) is 3.99. The lowest BCUT2D eigenvalue weighted by atomic mass is 10.0. The highest BCUT2D eigenvalue weighted by molar-refractivity contribution is 7.99. The van der Waals surface area contributed by atoms with Gasteiger partial charge in [0.15, 0.2) is 0 Å². The molecule has 2 aliphatic rings. The second-order valence-corrected chi connectivity index (χ2v) is 7.55. The lowest BCUT2D eigenvalue weighted by Crippen LogP contribution is -2.41. The van der Waals surface area contributed by atoms with Crippen molar-refractivity contribution in [2.24, 2.45) is 0 Å². The second-order valence-electron chi connectivity index (χ2n) is 6.32. The van der Waals surface area contributed by atoms with Crippen molar-refractivity contribution < 1.29 is 19.1 Å². The van der Waals surface area contributed by atoms with Crippen LogP contribution in [0, 0.1) is 0 Å². The molecule has 0 aliphatic carbocycles. The van der Waals surface area contributed by atoms with Crippen molar-refractivity contribution in [2.45, 2.75) is 26.2 Å². The zero-order valence-corrected chi connectivity index (χ0v) is 14.7. The largest absolute Gasteiger partial charge is 0.419 e. The highest BCUT2D eigenvalue weighted by Crippen LogP contribution is 2.25. The molecule has 0 N–H and O–H groups in total. The summed E-state index contributed by atoms with van der Waals surface area (Å²) in [6.45, 7) is 5.99. The fourth-order valence-electron chi connectivity index (χ4n) is 2.75. The normalized spacial score (nSPS) is 21.2. The Morgan fingerprint density at radius 1 is 1.12 bits per heavy atom. The van der Waals surface area contributed by atoms with Gasteiger partial charge in [0.05, 0.1) is 0 Å². The zero-order chi connectivity index (χ0) is 17.2. The molecule has 24 heavy (non-hydrogen) atoms. The Hall–Kier alpha value is -1.79. The summed E-state index contributed by atoms with van der Waals surface area (Å²) in [5.74, 6) is -0.217. The summed E-state index contributed by atoms with van der Waals surface area (Å²) in [6, 6.07) is 7.79. The van der Waals surface area contributed by atoms with Gasteiger partial charge in [-0.05, 0) is 17.2 Å². The van der Waals surface area contributed by atoms with Crippen LogP contribution in [0.25, 0.3) is 6.08 Å². The molecule has 0 bridgehead atoms. The van der Waals surface area contributed by atoms with Crippen LogP contribution < -0.4 is 0 Å². The van der Waals surface area contributed by atoms with Crippen LogP contribution in [0.15, 0.2) is 29.8 Å². The van der Waals surface area contributed by atoms with Crippen molar-refractivity contribution in [3.05, 3.63) is 41.0 Å². The van der Waals surface area contributed by atoms with E-state index >= 15 is 0 Å². The number of ether oxygens (including phenoxy) is 2. The van der Waals surface area contributed by atoms with Gasteiger partial charge in [-0.1, -0.05) is 24.3 Å². The van der Waals surface area contributed by atoms with Crippen molar-refractivity contribution in [3.63, 3.8) is 0 Å². The Morgan fingerprint density at radius 3 is 2.42 bits per heavy atom. The number of thioether (sulfide) groups is 1. The molecule has 0 saturated carbocycles. The van der Waals surface area contributed by atoms with E-state index in [1.807, 2.05) is 36.0 Å². The zero-order valence-electron chi connectivity index (χ0n) is 13.9. The van der Waals surface area contributed by atoms with Crippen molar-refractivity contribution in [3.8, 4) is 0 Å². The molecule has 0 unspecified atom stereocenters. The van der Waals surface area contributed by atoms with Crippen molar-refractivity contribution in [1.82, 2.24) is 4.90 Å². The Balaban J connectivity index is 1.84. The van der Waals surface area contributed by atoms with E-state index in [4.69, 9.17) is 9.47 Å². The van der Waals surface area contributed by atoms with Gasteiger partial charge in [-0.25, -0.2) is 9.59 Å². The second kappa shape index (κ2) is 6.99. The number of esters is 2. The first-order chi connectivity index (χ1) is 11.4. The van der Waals surface area contributed by atoms with Crippen molar-refractivity contribution in [1.29, 1.82) is 0 Å². The monoisotopic (exact) mass is 347 g/mol. The SMILES string of the molecule is CC1(C)OC(=O)C(=Cc2ccccc2CN2CCSCC2)C(=O)O1. The smallest absolute Gasteiger partial charge is 0.348 e. The van der Waals surface area contributed by atoms with E-state index in [1.165, 1.54) is 0 Å². The number of cyclic esters (lactones) is 2. The maximum absolute atomic E-state index is 12.1. The highest BCUT2D eigenvalue weighted by atomic mass is 32.2. The van der Waals surface area contributed by atoms with Crippen LogP contribution in [0.2, 0.25) is 0 Å². The minimum absolute atomic E-state index is 0.0593. The average Bonchev–Trinajstić information content (AvgIpc) is 2.52. The van der Waals surface area contributed by atoms with Gasteiger partial charge in [0.25, 0.3) is 5.79 Å². The van der Waals surface area contributed by atoms with E-state index in [0.717, 1.165) is 42.3 Å². The molecular formula is C18H21NO4S. The minimum atomic E-state index is -1.21. The predicted molar refractivity (Wildman–Crippen MR) is 93.3 cm³/mol. The first-order valence-corrected chi connectivity index (χ1v) is 9.16. The minimum Gasteiger partial charge on any atom is -0.419 e. The van der Waals surface area contributed by atoms with Crippen LogP contribution in [0.4, 0.5) is 0 Å². The Kier molecular flexibility index (Phi) is 4.96. The van der Waals surface area contributed by atoms with Gasteiger partial charge in [0, 0.05) is 45.0 Å². The maximum atomic E-state index is 12.1. The summed E-state index contributed by atoms with van der Waals surface area (Å²) in [4.78, 5) is 26.6. The van der Waals surface area contributed by atoms with Crippen LogP contribution >= 0.6 is 11.8 Å². The predicted octanol–water partition coefficient (Wildman–Crippen LogP) is 2.45. The first-order valence-electron chi connectivity index (χ1n) is 8.01. The quantitative estimate of drug-likeness (QED) is 0.476. The molecule has 0 aromatic heterocycles. The van der Waals surface area contributed by atoms with E-state index in [2.05, 4.69) is 4.90 Å². The Bertz CT molecular complexity index is 655. The van der Waals surface area contributed by atoms with Gasteiger partial charge in [0.1, 0.15) is 5.57 Å². The van der Waals surface area contributed by atoms with Crippen LogP contribution in [0.1, 0.15) is 25.0 Å². The summed E-state index contributed by atoms with van der Waals surface area (Å²) in [7, 11) is 0. The molecule has 2 aliphatic heterocycles. The van der Waals surface area contributed by atoms with Crippen molar-refractivity contribution in [2.75, 3.05) is 24.6 Å². The number of carbonyl (C=O) groups excluding carboxylic acids is 2. The van der Waals surface area contributed by atoms with Gasteiger partial charge in [-0.15, -0.1) is 0 Å². The number of hydrogen-bond donors (Lipinski definition) is 0. The molecule has 0 amide bonds. The van der Waals surface area contributed by atoms with Gasteiger partial charge in [0.2, 0.25) is 0 Å². The Labute approximate surface area is 146 Å². The number of rotatable bonds is 3. The topological polar surface area (TPSA) is 55.8 Å². The van der Waals surface area contributed by atoms with E-state index < -0.39 is 17.7 Å². The molecule has 1 aromatic rings. The third-order valence-corrected chi connectivity index (χ3v) is 4.91. The lowest BCUT2D eigenvalue weighted by Gasteiger charge is -2.30. The van der Waals surface area contributed by atoms with Gasteiger partial charge in [-0.3, -0.25) is 4.90 Å². The molecule has 6 heteroatoms. The van der Waals surface area contributed by atoms with Gasteiger partial charge >= 0.3 is 11.9 Å². The number of benzene rings is 1. The van der Waals surface area contributed by atoms with Crippen molar-refractivity contribution >= 4 is 29.8 Å². The summed E-state index contributed by atoms with van der Waals surface area (Å²) in [6.07, 6.45) is 1.58. The standard InChI is InChI=1S/C18H21NO4S/c1-18(2)22-16(20)15(17(21)23-18)11-13-5-3-4-6-14(13)12-19-7-9-24-10-8-19/h3-6,11H,7-10,12H2,1-2H3. The molecule has 1 aromatic carbocycles. The van der Waals surface area contributed by atoms with Gasteiger partial charge < -0.3 is 9.47 Å². The van der Waals surface area contributed by atoms with E-state index in [0.29, 0.717) is 0 Å². The number of hydrogen-bond acceptors (Lipinski definition) is 6. The summed E-state index contributed by atoms with van der Waals surface area (Å²) in [5.41, 5.74) is 1.87. The molecule has 2 heterocycles. The molecule has 2 fully saturated rings.